The van der Waals surface area contributed by atoms with Crippen LogP contribution in [0, 0.1) is 11.2 Å². The molecule has 1 amide bonds. The Morgan fingerprint density at radius 3 is 2.50 bits per heavy atom. The number of rotatable bonds is 7. The van der Waals surface area contributed by atoms with E-state index in [4.69, 9.17) is 4.74 Å². The van der Waals surface area contributed by atoms with Crippen molar-refractivity contribution in [1.29, 1.82) is 0 Å². The molecule has 0 atom stereocenters. The fourth-order valence-corrected chi connectivity index (χ4v) is 1.96. The minimum atomic E-state index is -0.570. The molecule has 5 heteroatoms. The number of halogens is 1. The number of hydrogen-bond acceptors (Lipinski definition) is 3. The van der Waals surface area contributed by atoms with E-state index >= 15 is 0 Å². The molecule has 0 radical (unpaired) electrons. The molecule has 1 rings (SSSR count). The SMILES string of the molecule is CCC(CC)(CO)CNC(=O)c1ccc(OC)c(F)c1. The molecular weight excluding hydrogens is 261 g/mol. The molecular formula is C15H22FNO3. The molecule has 0 spiro atoms. The number of aliphatic hydroxyl groups excluding tert-OH is 1. The van der Waals surface area contributed by atoms with Gasteiger partial charge in [-0.25, -0.2) is 4.39 Å². The van der Waals surface area contributed by atoms with Gasteiger partial charge in [-0.1, -0.05) is 13.8 Å². The van der Waals surface area contributed by atoms with E-state index in [1.54, 1.807) is 0 Å². The van der Waals surface area contributed by atoms with Crippen LogP contribution < -0.4 is 10.1 Å². The lowest BCUT2D eigenvalue weighted by Crippen LogP contribution is -2.39. The number of hydrogen-bond donors (Lipinski definition) is 2. The Balaban J connectivity index is 2.74. The van der Waals surface area contributed by atoms with Gasteiger partial charge in [0.15, 0.2) is 11.6 Å². The van der Waals surface area contributed by atoms with Crippen molar-refractivity contribution in [2.24, 2.45) is 5.41 Å². The van der Waals surface area contributed by atoms with Gasteiger partial charge in [0.05, 0.1) is 13.7 Å². The monoisotopic (exact) mass is 283 g/mol. The number of methoxy groups -OCH3 is 1. The second-order valence-electron chi connectivity index (χ2n) is 4.90. The average Bonchev–Trinajstić information content (AvgIpc) is 2.49. The first-order chi connectivity index (χ1) is 9.51. The van der Waals surface area contributed by atoms with Crippen LogP contribution in [-0.4, -0.2) is 31.3 Å². The molecule has 1 aromatic rings. The van der Waals surface area contributed by atoms with Gasteiger partial charge in [0.1, 0.15) is 0 Å². The maximum absolute atomic E-state index is 13.5. The van der Waals surface area contributed by atoms with E-state index in [1.165, 1.54) is 19.2 Å². The van der Waals surface area contributed by atoms with Crippen molar-refractivity contribution in [2.45, 2.75) is 26.7 Å². The Kier molecular flexibility index (Phi) is 5.95. The second-order valence-corrected chi connectivity index (χ2v) is 4.90. The lowest BCUT2D eigenvalue weighted by Gasteiger charge is -2.29. The standard InChI is InChI=1S/C15H22FNO3/c1-4-15(5-2,10-18)9-17-14(19)11-6-7-13(20-3)12(16)8-11/h6-8,18H,4-5,9-10H2,1-3H3,(H,17,19). The molecule has 0 bridgehead atoms. The highest BCUT2D eigenvalue weighted by molar-refractivity contribution is 5.94. The minimum Gasteiger partial charge on any atom is -0.494 e. The van der Waals surface area contributed by atoms with Crippen LogP contribution in [-0.2, 0) is 0 Å². The molecule has 1 aromatic carbocycles. The Hall–Kier alpha value is -1.62. The van der Waals surface area contributed by atoms with Gasteiger partial charge in [-0.2, -0.15) is 0 Å². The molecule has 0 aromatic heterocycles. The molecule has 0 unspecified atom stereocenters. The van der Waals surface area contributed by atoms with E-state index in [-0.39, 0.29) is 29.2 Å². The summed E-state index contributed by atoms with van der Waals surface area (Å²) in [5.41, 5.74) is -0.0805. The summed E-state index contributed by atoms with van der Waals surface area (Å²) in [6, 6.07) is 4.08. The quantitative estimate of drug-likeness (QED) is 0.807. The van der Waals surface area contributed by atoms with Gasteiger partial charge in [-0.3, -0.25) is 4.79 Å². The predicted molar refractivity (Wildman–Crippen MR) is 75.4 cm³/mol. The maximum atomic E-state index is 13.5. The van der Waals surface area contributed by atoms with Crippen molar-refractivity contribution < 1.29 is 19.0 Å². The molecule has 0 heterocycles. The zero-order valence-electron chi connectivity index (χ0n) is 12.2. The van der Waals surface area contributed by atoms with E-state index in [0.29, 0.717) is 6.54 Å². The van der Waals surface area contributed by atoms with Gasteiger partial charge >= 0.3 is 0 Å². The fraction of sp³-hybridized carbons (Fsp3) is 0.533. The summed E-state index contributed by atoms with van der Waals surface area (Å²) < 4.78 is 18.3. The van der Waals surface area contributed by atoms with Gasteiger partial charge in [-0.15, -0.1) is 0 Å². The molecule has 20 heavy (non-hydrogen) atoms. The first kappa shape index (κ1) is 16.4. The smallest absolute Gasteiger partial charge is 0.251 e. The van der Waals surface area contributed by atoms with Crippen LogP contribution >= 0.6 is 0 Å². The first-order valence-electron chi connectivity index (χ1n) is 6.74. The van der Waals surface area contributed by atoms with Gasteiger partial charge in [0.2, 0.25) is 0 Å². The molecule has 112 valence electrons. The van der Waals surface area contributed by atoms with E-state index in [2.05, 4.69) is 5.32 Å². The third-order valence-corrected chi connectivity index (χ3v) is 3.87. The molecule has 0 saturated heterocycles. The van der Waals surface area contributed by atoms with Crippen molar-refractivity contribution in [1.82, 2.24) is 5.32 Å². The third-order valence-electron chi connectivity index (χ3n) is 3.87. The third kappa shape index (κ3) is 3.70. The molecule has 4 nitrogen and oxygen atoms in total. The number of ether oxygens (including phenoxy) is 1. The van der Waals surface area contributed by atoms with E-state index in [9.17, 15) is 14.3 Å². The average molecular weight is 283 g/mol. The van der Waals surface area contributed by atoms with Crippen LogP contribution in [0.5, 0.6) is 5.75 Å². The van der Waals surface area contributed by atoms with Crippen LogP contribution in [0.1, 0.15) is 37.0 Å². The normalized spacial score (nSPS) is 11.2. The van der Waals surface area contributed by atoms with Crippen molar-refractivity contribution in [3.8, 4) is 5.75 Å². The number of carbonyl (C=O) groups excluding carboxylic acids is 1. The zero-order valence-corrected chi connectivity index (χ0v) is 12.2. The number of carbonyl (C=O) groups is 1. The van der Waals surface area contributed by atoms with Crippen LogP contribution in [0.2, 0.25) is 0 Å². The molecule has 2 N–H and O–H groups in total. The highest BCUT2D eigenvalue weighted by Crippen LogP contribution is 2.24. The Morgan fingerprint density at radius 2 is 2.05 bits per heavy atom. The summed E-state index contributed by atoms with van der Waals surface area (Å²) in [6.07, 6.45) is 1.52. The summed E-state index contributed by atoms with van der Waals surface area (Å²) >= 11 is 0. The summed E-state index contributed by atoms with van der Waals surface area (Å²) in [5.74, 6) is -0.820. The van der Waals surface area contributed by atoms with Crippen LogP contribution in [0.3, 0.4) is 0 Å². The zero-order chi connectivity index (χ0) is 15.2. The van der Waals surface area contributed by atoms with Crippen molar-refractivity contribution in [3.05, 3.63) is 29.6 Å². The lowest BCUT2D eigenvalue weighted by atomic mass is 9.83. The van der Waals surface area contributed by atoms with E-state index in [0.717, 1.165) is 18.9 Å². The molecule has 0 fully saturated rings. The van der Waals surface area contributed by atoms with Gasteiger partial charge < -0.3 is 15.2 Å². The largest absolute Gasteiger partial charge is 0.494 e. The summed E-state index contributed by atoms with van der Waals surface area (Å²) in [6.45, 7) is 4.32. The predicted octanol–water partition coefficient (Wildman–Crippen LogP) is 2.36. The number of nitrogens with one attached hydrogen (secondary N) is 1. The van der Waals surface area contributed by atoms with Crippen LogP contribution in [0.15, 0.2) is 18.2 Å². The van der Waals surface area contributed by atoms with E-state index < -0.39 is 5.82 Å². The summed E-state index contributed by atoms with van der Waals surface area (Å²) in [7, 11) is 1.37. The molecule has 0 aliphatic rings. The van der Waals surface area contributed by atoms with Crippen molar-refractivity contribution in [2.75, 3.05) is 20.3 Å². The van der Waals surface area contributed by atoms with Crippen LogP contribution in [0.25, 0.3) is 0 Å². The number of benzene rings is 1. The van der Waals surface area contributed by atoms with Crippen LogP contribution in [0.4, 0.5) is 4.39 Å². The maximum Gasteiger partial charge on any atom is 0.251 e. The topological polar surface area (TPSA) is 58.6 Å². The fourth-order valence-electron chi connectivity index (χ4n) is 1.96. The van der Waals surface area contributed by atoms with Gasteiger partial charge in [0, 0.05) is 17.5 Å². The van der Waals surface area contributed by atoms with Crippen molar-refractivity contribution >= 4 is 5.91 Å². The Bertz CT molecular complexity index is 450. The minimum absolute atomic E-state index is 0.0112. The summed E-state index contributed by atoms with van der Waals surface area (Å²) in [5, 5.41) is 12.2. The van der Waals surface area contributed by atoms with Gasteiger partial charge in [0.25, 0.3) is 5.91 Å². The lowest BCUT2D eigenvalue weighted by molar-refractivity contribution is 0.0850. The highest BCUT2D eigenvalue weighted by atomic mass is 19.1. The van der Waals surface area contributed by atoms with E-state index in [1.807, 2.05) is 13.8 Å². The highest BCUT2D eigenvalue weighted by Gasteiger charge is 2.26. The summed E-state index contributed by atoms with van der Waals surface area (Å²) in [4.78, 5) is 12.0. The molecule has 0 aliphatic heterocycles. The number of amides is 1. The Morgan fingerprint density at radius 1 is 1.40 bits per heavy atom. The number of aliphatic hydroxyl groups is 1. The second kappa shape index (κ2) is 7.24. The Labute approximate surface area is 119 Å². The van der Waals surface area contributed by atoms with Crippen molar-refractivity contribution in [3.63, 3.8) is 0 Å². The molecule has 0 aliphatic carbocycles. The van der Waals surface area contributed by atoms with Gasteiger partial charge in [-0.05, 0) is 31.0 Å². The molecule has 0 saturated carbocycles. The first-order valence-corrected chi connectivity index (χ1v) is 6.74.